The summed E-state index contributed by atoms with van der Waals surface area (Å²) < 4.78 is 7.05. The quantitative estimate of drug-likeness (QED) is 0.601. The van der Waals surface area contributed by atoms with Gasteiger partial charge in [0.25, 0.3) is 5.91 Å². The minimum Gasteiger partial charge on any atom is -0.494 e. The molecule has 0 radical (unpaired) electrons. The molecule has 3 heterocycles. The zero-order valence-electron chi connectivity index (χ0n) is 17.3. The maximum atomic E-state index is 13.1. The van der Waals surface area contributed by atoms with Gasteiger partial charge in [-0.3, -0.25) is 4.79 Å². The summed E-state index contributed by atoms with van der Waals surface area (Å²) in [6.45, 7) is 4.24. The molecule has 0 aliphatic carbocycles. The number of carbonyl (C=O) groups is 1. The lowest BCUT2D eigenvalue weighted by molar-refractivity contribution is 0.0686. The van der Waals surface area contributed by atoms with E-state index in [-0.39, 0.29) is 5.91 Å². The average molecular weight is 406 g/mol. The van der Waals surface area contributed by atoms with Gasteiger partial charge in [0.2, 0.25) is 0 Å². The van der Waals surface area contributed by atoms with E-state index in [4.69, 9.17) is 4.74 Å². The number of likely N-dealkylation sites (tertiary alicyclic amines) is 1. The van der Waals surface area contributed by atoms with Gasteiger partial charge in [0.15, 0.2) is 5.82 Å². The molecular weight excluding hydrogens is 378 g/mol. The van der Waals surface area contributed by atoms with Gasteiger partial charge in [-0.05, 0) is 68.4 Å². The monoisotopic (exact) mass is 405 g/mol. The molecule has 0 saturated carbocycles. The molecule has 1 fully saturated rings. The number of hydrogen-bond acceptors (Lipinski definition) is 5. The fourth-order valence-electron chi connectivity index (χ4n) is 3.95. The summed E-state index contributed by atoms with van der Waals surface area (Å²) in [6, 6.07) is 12.0. The maximum absolute atomic E-state index is 13.1. The summed E-state index contributed by atoms with van der Waals surface area (Å²) in [5.41, 5.74) is 1.90. The number of carbonyl (C=O) groups excluding carboxylic acids is 1. The Hall–Kier alpha value is -3.22. The number of ether oxygens (including phenoxy) is 1. The Morgan fingerprint density at radius 3 is 2.67 bits per heavy atom. The fourth-order valence-corrected chi connectivity index (χ4v) is 3.95. The fraction of sp³-hybridized carbons (Fsp3) is 0.391. The van der Waals surface area contributed by atoms with Gasteiger partial charge in [0.1, 0.15) is 18.4 Å². The highest BCUT2D eigenvalue weighted by Crippen LogP contribution is 2.25. The summed E-state index contributed by atoms with van der Waals surface area (Å²) in [6.07, 6.45) is 8.94. The minimum atomic E-state index is 0.0126. The van der Waals surface area contributed by atoms with Crippen molar-refractivity contribution in [1.29, 1.82) is 0 Å². The Labute approximate surface area is 176 Å². The number of aryl methyl sites for hydroxylation is 1. The minimum absolute atomic E-state index is 0.0126. The van der Waals surface area contributed by atoms with Crippen molar-refractivity contribution in [2.24, 2.45) is 5.92 Å². The highest BCUT2D eigenvalue weighted by atomic mass is 16.5. The Morgan fingerprint density at radius 2 is 1.97 bits per heavy atom. The number of rotatable bonds is 7. The molecular formula is C23H27N5O2. The molecule has 7 heteroatoms. The molecule has 1 saturated heterocycles. The van der Waals surface area contributed by atoms with Crippen LogP contribution in [0.2, 0.25) is 0 Å². The number of amides is 1. The topological polar surface area (TPSA) is 73.1 Å². The van der Waals surface area contributed by atoms with Crippen molar-refractivity contribution in [2.75, 3.05) is 19.7 Å². The largest absolute Gasteiger partial charge is 0.494 e. The van der Waals surface area contributed by atoms with Crippen molar-refractivity contribution in [2.45, 2.75) is 32.6 Å². The smallest absolute Gasteiger partial charge is 0.257 e. The third-order valence-corrected chi connectivity index (χ3v) is 5.63. The number of aromatic nitrogens is 4. The lowest BCUT2D eigenvalue weighted by atomic mass is 9.90. The molecule has 0 N–H and O–H groups in total. The van der Waals surface area contributed by atoms with Crippen molar-refractivity contribution >= 4 is 5.91 Å². The standard InChI is InChI=1S/C23H27N5O2/c1-2-30-20-9-7-18(8-10-20)5-6-19-11-14-27(15-12-19)23(29)21-4-3-13-25-22(21)28-17-24-16-26-28/h3-4,7-10,13,16-17,19H,2,5-6,11-12,14-15H2,1H3. The van der Waals surface area contributed by atoms with Crippen LogP contribution in [0.4, 0.5) is 0 Å². The van der Waals surface area contributed by atoms with Gasteiger partial charge in [0, 0.05) is 19.3 Å². The molecule has 2 aromatic heterocycles. The van der Waals surface area contributed by atoms with Gasteiger partial charge in [-0.25, -0.2) is 14.6 Å². The molecule has 3 aromatic rings. The zero-order valence-corrected chi connectivity index (χ0v) is 17.3. The van der Waals surface area contributed by atoms with Crippen LogP contribution in [0.5, 0.6) is 5.75 Å². The lowest BCUT2D eigenvalue weighted by Gasteiger charge is -2.32. The molecule has 1 aromatic carbocycles. The van der Waals surface area contributed by atoms with Gasteiger partial charge >= 0.3 is 0 Å². The molecule has 0 unspecified atom stereocenters. The molecule has 4 rings (SSSR count). The van der Waals surface area contributed by atoms with E-state index < -0.39 is 0 Å². The van der Waals surface area contributed by atoms with Crippen LogP contribution in [-0.2, 0) is 6.42 Å². The molecule has 30 heavy (non-hydrogen) atoms. The first kappa shape index (κ1) is 20.1. The molecule has 1 amide bonds. The van der Waals surface area contributed by atoms with Gasteiger partial charge in [-0.2, -0.15) is 5.10 Å². The maximum Gasteiger partial charge on any atom is 0.257 e. The van der Waals surface area contributed by atoms with E-state index in [2.05, 4.69) is 27.2 Å². The van der Waals surface area contributed by atoms with Crippen molar-refractivity contribution < 1.29 is 9.53 Å². The van der Waals surface area contributed by atoms with Gasteiger partial charge in [0.05, 0.1) is 12.2 Å². The highest BCUT2D eigenvalue weighted by molar-refractivity contribution is 5.97. The van der Waals surface area contributed by atoms with Gasteiger partial charge in [-0.1, -0.05) is 12.1 Å². The van der Waals surface area contributed by atoms with E-state index in [1.54, 1.807) is 18.6 Å². The summed E-state index contributed by atoms with van der Waals surface area (Å²) >= 11 is 0. The molecule has 7 nitrogen and oxygen atoms in total. The predicted molar refractivity (Wildman–Crippen MR) is 114 cm³/mol. The second-order valence-electron chi connectivity index (χ2n) is 7.57. The van der Waals surface area contributed by atoms with Crippen LogP contribution >= 0.6 is 0 Å². The van der Waals surface area contributed by atoms with Crippen LogP contribution in [0, 0.1) is 5.92 Å². The van der Waals surface area contributed by atoms with Crippen LogP contribution in [0.15, 0.2) is 55.2 Å². The average Bonchev–Trinajstić information content (AvgIpc) is 3.34. The van der Waals surface area contributed by atoms with Crippen LogP contribution in [0.3, 0.4) is 0 Å². The summed E-state index contributed by atoms with van der Waals surface area (Å²) in [5.74, 6) is 2.11. The first-order valence-corrected chi connectivity index (χ1v) is 10.6. The first-order valence-electron chi connectivity index (χ1n) is 10.6. The molecule has 156 valence electrons. The van der Waals surface area contributed by atoms with Crippen molar-refractivity contribution in [3.05, 3.63) is 66.4 Å². The van der Waals surface area contributed by atoms with E-state index in [0.29, 0.717) is 23.9 Å². The summed E-state index contributed by atoms with van der Waals surface area (Å²) in [7, 11) is 0. The lowest BCUT2D eigenvalue weighted by Crippen LogP contribution is -2.39. The summed E-state index contributed by atoms with van der Waals surface area (Å²) in [4.78, 5) is 23.3. The van der Waals surface area contributed by atoms with Crippen LogP contribution in [0.1, 0.15) is 42.1 Å². The van der Waals surface area contributed by atoms with Crippen LogP contribution in [-0.4, -0.2) is 50.3 Å². The van der Waals surface area contributed by atoms with Gasteiger partial charge < -0.3 is 9.64 Å². The van der Waals surface area contributed by atoms with Crippen molar-refractivity contribution in [3.63, 3.8) is 0 Å². The van der Waals surface area contributed by atoms with E-state index in [0.717, 1.165) is 44.5 Å². The van der Waals surface area contributed by atoms with Gasteiger partial charge in [-0.15, -0.1) is 0 Å². The van der Waals surface area contributed by atoms with E-state index in [1.165, 1.54) is 16.6 Å². The number of hydrogen-bond donors (Lipinski definition) is 0. The summed E-state index contributed by atoms with van der Waals surface area (Å²) in [5, 5.41) is 4.12. The zero-order chi connectivity index (χ0) is 20.8. The molecule has 1 aliphatic rings. The Morgan fingerprint density at radius 1 is 1.17 bits per heavy atom. The van der Waals surface area contributed by atoms with Crippen molar-refractivity contribution in [3.8, 4) is 11.6 Å². The second kappa shape index (κ2) is 9.52. The molecule has 0 spiro atoms. The van der Waals surface area contributed by atoms with Crippen molar-refractivity contribution in [1.82, 2.24) is 24.6 Å². The molecule has 1 aliphatic heterocycles. The number of pyridine rings is 1. The highest BCUT2D eigenvalue weighted by Gasteiger charge is 2.25. The molecule has 0 bridgehead atoms. The number of nitrogens with zero attached hydrogens (tertiary/aromatic N) is 5. The second-order valence-corrected chi connectivity index (χ2v) is 7.57. The first-order chi connectivity index (χ1) is 14.7. The number of piperidine rings is 1. The van der Waals surface area contributed by atoms with Crippen LogP contribution < -0.4 is 4.74 Å². The predicted octanol–water partition coefficient (Wildman–Crippen LogP) is 3.55. The SMILES string of the molecule is CCOc1ccc(CCC2CCN(C(=O)c3cccnc3-n3cncn3)CC2)cc1. The Bertz CT molecular complexity index is 948. The Kier molecular flexibility index (Phi) is 6.37. The van der Waals surface area contributed by atoms with Crippen LogP contribution in [0.25, 0.3) is 5.82 Å². The molecule has 0 atom stereocenters. The van der Waals surface area contributed by atoms with E-state index in [1.807, 2.05) is 30.0 Å². The third kappa shape index (κ3) is 4.67. The number of benzene rings is 1. The third-order valence-electron chi connectivity index (χ3n) is 5.63. The normalized spacial score (nSPS) is 14.6. The van der Waals surface area contributed by atoms with E-state index >= 15 is 0 Å². The Balaban J connectivity index is 1.31. The van der Waals surface area contributed by atoms with E-state index in [9.17, 15) is 4.79 Å².